The maximum absolute atomic E-state index is 12.6. The number of halogens is 2. The maximum Gasteiger partial charge on any atom is 0.333 e. The number of hydrogen-bond acceptors (Lipinski definition) is 3. The van der Waals surface area contributed by atoms with E-state index in [9.17, 15) is 13.6 Å². The van der Waals surface area contributed by atoms with Crippen LogP contribution in [0.1, 0.15) is 22.7 Å². The van der Waals surface area contributed by atoms with Gasteiger partial charge in [0.15, 0.2) is 0 Å². The van der Waals surface area contributed by atoms with Gasteiger partial charge < -0.3 is 4.90 Å². The Labute approximate surface area is 108 Å². The van der Waals surface area contributed by atoms with Crippen LogP contribution in [0.3, 0.4) is 0 Å². The number of alkyl halides is 2. The van der Waals surface area contributed by atoms with Crippen LogP contribution in [0, 0.1) is 0 Å². The molecule has 2 aromatic rings. The van der Waals surface area contributed by atoms with Gasteiger partial charge in [-0.05, 0) is 12.1 Å². The van der Waals surface area contributed by atoms with Crippen molar-refractivity contribution in [2.45, 2.75) is 13.1 Å². The Morgan fingerprint density at radius 2 is 2.21 bits per heavy atom. The zero-order valence-electron chi connectivity index (χ0n) is 10.5. The van der Waals surface area contributed by atoms with Crippen LogP contribution in [0.15, 0.2) is 24.5 Å². The summed E-state index contributed by atoms with van der Waals surface area (Å²) in [6.07, 6.45) is 2.92. The average Bonchev–Trinajstić information content (AvgIpc) is 2.97. The highest BCUT2D eigenvalue weighted by Gasteiger charge is 2.21. The number of nitrogens with zero attached hydrogens (tertiary/aromatic N) is 5. The Morgan fingerprint density at radius 1 is 1.47 bits per heavy atom. The molecule has 2 heterocycles. The SMILES string of the molecule is CN(Cc1ccn(C)n1)C(=O)c1ccnn1C(F)F. The average molecular weight is 269 g/mol. The van der Waals surface area contributed by atoms with Gasteiger partial charge in [-0.3, -0.25) is 9.48 Å². The quantitative estimate of drug-likeness (QED) is 0.840. The minimum atomic E-state index is -2.84. The lowest BCUT2D eigenvalue weighted by Crippen LogP contribution is -2.29. The smallest absolute Gasteiger partial charge is 0.333 e. The molecule has 0 fully saturated rings. The van der Waals surface area contributed by atoms with E-state index in [-0.39, 0.29) is 12.2 Å². The Morgan fingerprint density at radius 3 is 2.79 bits per heavy atom. The summed E-state index contributed by atoms with van der Waals surface area (Å²) in [7, 11) is 3.29. The first-order valence-corrected chi connectivity index (χ1v) is 5.54. The van der Waals surface area contributed by atoms with Gasteiger partial charge in [0.25, 0.3) is 5.91 Å². The lowest BCUT2D eigenvalue weighted by Gasteiger charge is -2.16. The van der Waals surface area contributed by atoms with Gasteiger partial charge in [-0.25, -0.2) is 0 Å². The molecule has 1 amide bonds. The third-order valence-corrected chi connectivity index (χ3v) is 2.59. The van der Waals surface area contributed by atoms with E-state index in [4.69, 9.17) is 0 Å². The molecule has 2 aromatic heterocycles. The van der Waals surface area contributed by atoms with E-state index in [1.165, 1.54) is 24.2 Å². The molecule has 2 rings (SSSR count). The number of aryl methyl sites for hydroxylation is 1. The Kier molecular flexibility index (Phi) is 3.59. The van der Waals surface area contributed by atoms with Gasteiger partial charge in [0.2, 0.25) is 0 Å². The standard InChI is InChI=1S/C11H13F2N5O/c1-16(7-8-4-6-17(2)15-8)10(19)9-3-5-14-18(9)11(12)13/h3-6,11H,7H2,1-2H3. The second-order valence-corrected chi connectivity index (χ2v) is 4.08. The van der Waals surface area contributed by atoms with Gasteiger partial charge >= 0.3 is 6.55 Å². The van der Waals surface area contributed by atoms with Crippen molar-refractivity contribution in [2.24, 2.45) is 7.05 Å². The van der Waals surface area contributed by atoms with E-state index in [1.807, 2.05) is 0 Å². The first-order chi connectivity index (χ1) is 8.99. The predicted molar refractivity (Wildman–Crippen MR) is 62.5 cm³/mol. The Balaban J connectivity index is 2.12. The molecule has 102 valence electrons. The number of aromatic nitrogens is 4. The number of rotatable bonds is 4. The van der Waals surface area contributed by atoms with Crippen LogP contribution < -0.4 is 0 Å². The maximum atomic E-state index is 12.6. The van der Waals surface area contributed by atoms with Crippen molar-refractivity contribution in [3.63, 3.8) is 0 Å². The number of amides is 1. The molecule has 0 unspecified atom stereocenters. The molecular formula is C11H13F2N5O. The fourth-order valence-corrected chi connectivity index (χ4v) is 1.70. The van der Waals surface area contributed by atoms with Crippen LogP contribution in [0.2, 0.25) is 0 Å². The van der Waals surface area contributed by atoms with Crippen LogP contribution in [0.25, 0.3) is 0 Å². The van der Waals surface area contributed by atoms with Crippen molar-refractivity contribution in [2.75, 3.05) is 7.05 Å². The van der Waals surface area contributed by atoms with Gasteiger partial charge in [0.05, 0.1) is 12.2 Å². The zero-order chi connectivity index (χ0) is 14.0. The summed E-state index contributed by atoms with van der Waals surface area (Å²) < 4.78 is 27.3. The van der Waals surface area contributed by atoms with Crippen molar-refractivity contribution >= 4 is 5.91 Å². The highest BCUT2D eigenvalue weighted by atomic mass is 19.3. The summed E-state index contributed by atoms with van der Waals surface area (Å²) >= 11 is 0. The van der Waals surface area contributed by atoms with Crippen molar-refractivity contribution < 1.29 is 13.6 Å². The fraction of sp³-hybridized carbons (Fsp3) is 0.364. The van der Waals surface area contributed by atoms with E-state index in [1.54, 1.807) is 24.0 Å². The first-order valence-electron chi connectivity index (χ1n) is 5.54. The summed E-state index contributed by atoms with van der Waals surface area (Å²) in [5, 5.41) is 7.55. The van der Waals surface area contributed by atoms with Crippen LogP contribution in [-0.4, -0.2) is 37.4 Å². The van der Waals surface area contributed by atoms with Gasteiger partial charge in [-0.1, -0.05) is 0 Å². The molecule has 0 aliphatic heterocycles. The van der Waals surface area contributed by atoms with Crippen LogP contribution in [0.4, 0.5) is 8.78 Å². The molecular weight excluding hydrogens is 256 g/mol. The van der Waals surface area contributed by atoms with E-state index in [0.717, 1.165) is 0 Å². The molecule has 0 saturated heterocycles. The molecule has 0 radical (unpaired) electrons. The van der Waals surface area contributed by atoms with Gasteiger partial charge in [0, 0.05) is 26.5 Å². The summed E-state index contributed by atoms with van der Waals surface area (Å²) in [4.78, 5) is 13.4. The normalized spacial score (nSPS) is 11.0. The molecule has 19 heavy (non-hydrogen) atoms. The summed E-state index contributed by atoms with van der Waals surface area (Å²) in [5.41, 5.74) is 0.537. The van der Waals surface area contributed by atoms with E-state index in [2.05, 4.69) is 10.2 Å². The third-order valence-electron chi connectivity index (χ3n) is 2.59. The molecule has 0 aliphatic carbocycles. The Hall–Kier alpha value is -2.25. The van der Waals surface area contributed by atoms with Crippen LogP contribution in [0.5, 0.6) is 0 Å². The van der Waals surface area contributed by atoms with E-state index >= 15 is 0 Å². The largest absolute Gasteiger partial charge is 0.334 e. The molecule has 0 N–H and O–H groups in total. The summed E-state index contributed by atoms with van der Waals surface area (Å²) in [6.45, 7) is -2.59. The zero-order valence-corrected chi connectivity index (χ0v) is 10.5. The third kappa shape index (κ3) is 2.78. The first kappa shape index (κ1) is 13.2. The highest BCUT2D eigenvalue weighted by molar-refractivity contribution is 5.92. The van der Waals surface area contributed by atoms with Gasteiger partial charge in [-0.2, -0.15) is 23.7 Å². The molecule has 0 atom stereocenters. The molecule has 0 bridgehead atoms. The molecule has 0 aromatic carbocycles. The van der Waals surface area contributed by atoms with Crippen molar-refractivity contribution in [1.29, 1.82) is 0 Å². The van der Waals surface area contributed by atoms with E-state index in [0.29, 0.717) is 10.4 Å². The van der Waals surface area contributed by atoms with E-state index < -0.39 is 12.5 Å². The second-order valence-electron chi connectivity index (χ2n) is 4.08. The highest BCUT2D eigenvalue weighted by Crippen LogP contribution is 2.14. The number of hydrogen-bond donors (Lipinski definition) is 0. The predicted octanol–water partition coefficient (Wildman–Crippen LogP) is 1.28. The molecule has 8 heteroatoms. The summed E-state index contributed by atoms with van der Waals surface area (Å²) in [5.74, 6) is -0.525. The molecule has 0 saturated carbocycles. The van der Waals surface area contributed by atoms with Crippen molar-refractivity contribution in [3.05, 3.63) is 35.9 Å². The van der Waals surface area contributed by atoms with Crippen LogP contribution in [-0.2, 0) is 13.6 Å². The second kappa shape index (κ2) is 5.17. The minimum absolute atomic E-state index is 0.145. The molecule has 0 aliphatic rings. The topological polar surface area (TPSA) is 56.0 Å². The van der Waals surface area contributed by atoms with Gasteiger partial charge in [0.1, 0.15) is 5.69 Å². The fourth-order valence-electron chi connectivity index (χ4n) is 1.70. The minimum Gasteiger partial charge on any atom is -0.334 e. The van der Waals surface area contributed by atoms with Crippen molar-refractivity contribution in [1.82, 2.24) is 24.5 Å². The molecule has 6 nitrogen and oxygen atoms in total. The lowest BCUT2D eigenvalue weighted by molar-refractivity contribution is 0.0472. The number of carbonyl (C=O) groups is 1. The lowest BCUT2D eigenvalue weighted by atomic mass is 10.3. The van der Waals surface area contributed by atoms with Gasteiger partial charge in [-0.15, -0.1) is 0 Å². The summed E-state index contributed by atoms with van der Waals surface area (Å²) in [6, 6.07) is 3.03. The monoisotopic (exact) mass is 269 g/mol. The molecule has 0 spiro atoms. The van der Waals surface area contributed by atoms with Crippen LogP contribution >= 0.6 is 0 Å². The number of carbonyl (C=O) groups excluding carboxylic acids is 1. The van der Waals surface area contributed by atoms with Crippen molar-refractivity contribution in [3.8, 4) is 0 Å². The Bertz CT molecular complexity index is 577.